The Balaban J connectivity index is 1.43. The third-order valence-electron chi connectivity index (χ3n) is 8.33. The summed E-state index contributed by atoms with van der Waals surface area (Å²) in [7, 11) is 0. The number of amides is 1. The highest BCUT2D eigenvalue weighted by Gasteiger charge is 2.46. The first-order chi connectivity index (χ1) is 20.5. The molecule has 4 heterocycles. The summed E-state index contributed by atoms with van der Waals surface area (Å²) < 4.78 is 22.5. The summed E-state index contributed by atoms with van der Waals surface area (Å²) in [6, 6.07) is 25.9. The van der Waals surface area contributed by atoms with E-state index >= 15 is 4.39 Å². The molecule has 0 saturated carbocycles. The van der Waals surface area contributed by atoms with E-state index in [4.69, 9.17) is 4.74 Å². The van der Waals surface area contributed by atoms with Gasteiger partial charge in [0, 0.05) is 34.1 Å². The van der Waals surface area contributed by atoms with E-state index in [1.165, 1.54) is 18.3 Å². The smallest absolute Gasteiger partial charge is 0.278 e. The van der Waals surface area contributed by atoms with Crippen LogP contribution in [0.2, 0.25) is 0 Å². The second-order valence-corrected chi connectivity index (χ2v) is 11.6. The molecule has 0 spiro atoms. The molecule has 0 unspecified atom stereocenters. The van der Waals surface area contributed by atoms with Crippen molar-refractivity contribution in [2.24, 2.45) is 0 Å². The maximum Gasteiger partial charge on any atom is 0.278 e. The molecule has 42 heavy (non-hydrogen) atoms. The molecule has 1 aliphatic carbocycles. The van der Waals surface area contributed by atoms with Gasteiger partial charge in [0.05, 0.1) is 19.3 Å². The van der Waals surface area contributed by atoms with Crippen molar-refractivity contribution in [3.8, 4) is 37.8 Å². The molecule has 1 amide bonds. The van der Waals surface area contributed by atoms with Gasteiger partial charge in [-0.1, -0.05) is 60.7 Å². The van der Waals surface area contributed by atoms with Gasteiger partial charge in [0.1, 0.15) is 12.0 Å². The van der Waals surface area contributed by atoms with E-state index in [0.717, 1.165) is 43.1 Å². The van der Waals surface area contributed by atoms with Crippen LogP contribution in [0.5, 0.6) is 5.75 Å². The number of hydrogen-bond acceptors (Lipinski definition) is 6. The predicted octanol–water partition coefficient (Wildman–Crippen LogP) is 5.61. The lowest BCUT2D eigenvalue weighted by Crippen LogP contribution is -2.66. The molecule has 2 atom stereocenters. The Kier molecular flexibility index (Phi) is 5.60. The van der Waals surface area contributed by atoms with Crippen molar-refractivity contribution in [2.75, 3.05) is 24.8 Å². The molecule has 3 aromatic carbocycles. The van der Waals surface area contributed by atoms with Crippen molar-refractivity contribution in [1.29, 1.82) is 0 Å². The number of morpholine rings is 1. The molecule has 7 nitrogen and oxygen atoms in total. The summed E-state index contributed by atoms with van der Waals surface area (Å²) in [4.78, 5) is 29.9. The number of fused-ring (bicyclic) bond motifs is 7. The van der Waals surface area contributed by atoms with Crippen LogP contribution in [0.25, 0.3) is 32.0 Å². The fraction of sp³-hybridized carbons (Fsp3) is 0.152. The van der Waals surface area contributed by atoms with Gasteiger partial charge in [-0.15, -0.1) is 11.3 Å². The first-order valence-corrected chi connectivity index (χ1v) is 14.5. The van der Waals surface area contributed by atoms with Gasteiger partial charge >= 0.3 is 0 Å². The van der Waals surface area contributed by atoms with E-state index in [1.54, 1.807) is 33.0 Å². The number of halogens is 1. The van der Waals surface area contributed by atoms with Gasteiger partial charge in [0.25, 0.3) is 5.91 Å². The molecule has 1 fully saturated rings. The maximum absolute atomic E-state index is 15.0. The Morgan fingerprint density at radius 1 is 0.881 bits per heavy atom. The molecule has 0 radical (unpaired) electrons. The number of pyridine rings is 1. The summed E-state index contributed by atoms with van der Waals surface area (Å²) in [5, 5.41) is 12.8. The molecule has 2 aromatic heterocycles. The van der Waals surface area contributed by atoms with Gasteiger partial charge < -0.3 is 14.7 Å². The van der Waals surface area contributed by atoms with Crippen molar-refractivity contribution in [3.05, 3.63) is 124 Å². The van der Waals surface area contributed by atoms with E-state index < -0.39 is 29.3 Å². The summed E-state index contributed by atoms with van der Waals surface area (Å²) in [6.45, 7) is 0.880. The van der Waals surface area contributed by atoms with Crippen LogP contribution < -0.4 is 10.4 Å². The highest BCUT2D eigenvalue weighted by Crippen LogP contribution is 2.52. The van der Waals surface area contributed by atoms with E-state index in [0.29, 0.717) is 13.2 Å². The minimum Gasteiger partial charge on any atom is -0.502 e. The van der Waals surface area contributed by atoms with Gasteiger partial charge in [-0.3, -0.25) is 19.3 Å². The third-order valence-corrected chi connectivity index (χ3v) is 9.55. The number of nitrogens with zero attached hydrogens (tertiary/aromatic N) is 3. The first kappa shape index (κ1) is 25.0. The van der Waals surface area contributed by atoms with Crippen LogP contribution in [0.4, 0.5) is 4.39 Å². The Morgan fingerprint density at radius 2 is 1.67 bits per heavy atom. The predicted molar refractivity (Wildman–Crippen MR) is 159 cm³/mol. The molecule has 1 N–H and O–H groups in total. The average molecular weight is 578 g/mol. The van der Waals surface area contributed by atoms with Gasteiger partial charge in [-0.05, 0) is 46.0 Å². The monoisotopic (exact) mass is 577 g/mol. The molecule has 1 saturated heterocycles. The zero-order chi connectivity index (χ0) is 28.5. The fourth-order valence-corrected chi connectivity index (χ4v) is 7.69. The van der Waals surface area contributed by atoms with Crippen LogP contribution in [0, 0.1) is 5.82 Å². The van der Waals surface area contributed by atoms with Gasteiger partial charge in [0.2, 0.25) is 5.43 Å². The molecule has 208 valence electrons. The van der Waals surface area contributed by atoms with Crippen LogP contribution in [-0.4, -0.2) is 46.5 Å². The van der Waals surface area contributed by atoms with Gasteiger partial charge in [-0.2, -0.15) is 0 Å². The quantitative estimate of drug-likeness (QED) is 0.295. The number of ether oxygens (including phenoxy) is 1. The van der Waals surface area contributed by atoms with E-state index in [-0.39, 0.29) is 18.1 Å². The number of carbonyl (C=O) groups excluding carboxylic acids is 1. The van der Waals surface area contributed by atoms with Crippen molar-refractivity contribution in [2.45, 2.75) is 12.2 Å². The summed E-state index contributed by atoms with van der Waals surface area (Å²) >= 11 is 1.66. The highest BCUT2D eigenvalue weighted by atomic mass is 32.1. The van der Waals surface area contributed by atoms with Crippen molar-refractivity contribution < 1.29 is 19.0 Å². The average Bonchev–Trinajstić information content (AvgIpc) is 3.43. The Morgan fingerprint density at radius 3 is 2.52 bits per heavy atom. The van der Waals surface area contributed by atoms with Crippen LogP contribution in [0.3, 0.4) is 0 Å². The molecular formula is C33H24FN3O4S. The number of aromatic hydroxyl groups is 1. The second-order valence-electron chi connectivity index (χ2n) is 10.6. The lowest BCUT2D eigenvalue weighted by atomic mass is 9.92. The molecule has 0 bridgehead atoms. The molecule has 3 aliphatic rings. The number of rotatable bonds is 2. The molecule has 2 aliphatic heterocycles. The number of carbonyl (C=O) groups is 1. The molecule has 9 heteroatoms. The number of benzene rings is 3. The summed E-state index contributed by atoms with van der Waals surface area (Å²) in [6.07, 6.45) is 0.994. The van der Waals surface area contributed by atoms with Crippen molar-refractivity contribution >= 4 is 17.2 Å². The highest BCUT2D eigenvalue weighted by molar-refractivity contribution is 7.19. The SMILES string of the molecule is O=C1c2c(O)c(=O)ccn2N([C@H]2c3ccc(F)cc3-c3cc(-c4ccccc4)sc3-c3ccccc32)[C@@H]2COCCN12. The lowest BCUT2D eigenvalue weighted by Gasteiger charge is -2.51. The summed E-state index contributed by atoms with van der Waals surface area (Å²) in [5.74, 6) is -1.37. The van der Waals surface area contributed by atoms with E-state index in [2.05, 4.69) is 30.3 Å². The minimum atomic E-state index is -0.624. The zero-order valence-corrected chi connectivity index (χ0v) is 23.1. The van der Waals surface area contributed by atoms with Crippen LogP contribution in [0.1, 0.15) is 27.7 Å². The maximum atomic E-state index is 15.0. The van der Waals surface area contributed by atoms with E-state index in [9.17, 15) is 14.7 Å². The third kappa shape index (κ3) is 3.60. The number of hydrogen-bond donors (Lipinski definition) is 1. The van der Waals surface area contributed by atoms with Crippen molar-refractivity contribution in [1.82, 2.24) is 9.58 Å². The Hall–Kier alpha value is -4.73. The normalized spacial score (nSPS) is 18.8. The number of aromatic nitrogens is 1. The van der Waals surface area contributed by atoms with Gasteiger partial charge in [0.15, 0.2) is 11.4 Å². The number of thiophene rings is 1. The lowest BCUT2D eigenvalue weighted by molar-refractivity contribution is -0.0196. The Labute approximate surface area is 244 Å². The first-order valence-electron chi connectivity index (χ1n) is 13.7. The molecular weight excluding hydrogens is 553 g/mol. The van der Waals surface area contributed by atoms with Crippen LogP contribution in [0.15, 0.2) is 95.9 Å². The Bertz CT molecular complexity index is 1950. The standard InChI is InChI=1S/C33H24FN3O4S/c34-20-10-11-22-24(16-20)25-17-27(19-6-2-1-3-7-19)42-32(25)23-9-5-4-8-21(23)29(22)37-28-18-41-15-14-35(28)33(40)30-31(39)26(38)12-13-36(30)37/h1-13,16-17,28-29,39H,14-15,18H2/t28-,29-/m1/s1. The van der Waals surface area contributed by atoms with Crippen molar-refractivity contribution in [3.63, 3.8) is 0 Å². The fourth-order valence-electron chi connectivity index (χ4n) is 6.46. The van der Waals surface area contributed by atoms with Crippen LogP contribution >= 0.6 is 11.3 Å². The van der Waals surface area contributed by atoms with E-state index in [1.807, 2.05) is 35.3 Å². The molecule has 5 aromatic rings. The topological polar surface area (TPSA) is 75.0 Å². The minimum absolute atomic E-state index is 0.0906. The van der Waals surface area contributed by atoms with Gasteiger partial charge in [-0.25, -0.2) is 4.39 Å². The zero-order valence-electron chi connectivity index (χ0n) is 22.2. The summed E-state index contributed by atoms with van der Waals surface area (Å²) in [5.41, 5.74) is 4.83. The largest absolute Gasteiger partial charge is 0.502 e. The molecule has 8 rings (SSSR count). The second kappa shape index (κ2) is 9.40. The van der Waals surface area contributed by atoms with Crippen LogP contribution in [-0.2, 0) is 4.74 Å².